The lowest BCUT2D eigenvalue weighted by Gasteiger charge is -2.35. The summed E-state index contributed by atoms with van der Waals surface area (Å²) in [6.45, 7) is 3.00. The summed E-state index contributed by atoms with van der Waals surface area (Å²) < 4.78 is 1.53. The summed E-state index contributed by atoms with van der Waals surface area (Å²) in [5.41, 5.74) is 2.88. The van der Waals surface area contributed by atoms with Gasteiger partial charge in [0.05, 0.1) is 17.4 Å². The Balaban J connectivity index is 1.23. The summed E-state index contributed by atoms with van der Waals surface area (Å²) in [6.07, 6.45) is 3.91. The summed E-state index contributed by atoms with van der Waals surface area (Å²) >= 11 is 0. The van der Waals surface area contributed by atoms with E-state index in [2.05, 4.69) is 22.6 Å². The van der Waals surface area contributed by atoms with Crippen LogP contribution in [0.3, 0.4) is 0 Å². The second-order valence-electron chi connectivity index (χ2n) is 9.99. The first-order chi connectivity index (χ1) is 17.8. The van der Waals surface area contributed by atoms with Crippen molar-refractivity contribution in [3.05, 3.63) is 77.1 Å². The van der Waals surface area contributed by atoms with Gasteiger partial charge in [0.2, 0.25) is 11.8 Å². The molecule has 4 heterocycles. The molecular weight excluding hydrogens is 472 g/mol. The average Bonchev–Trinajstić information content (AvgIpc) is 3.62. The second kappa shape index (κ2) is 8.65. The number of likely N-dealkylation sites (tertiary alicyclic amines) is 1. The highest BCUT2D eigenvalue weighted by atomic mass is 16.2. The summed E-state index contributed by atoms with van der Waals surface area (Å²) in [7, 11) is 0. The van der Waals surface area contributed by atoms with Crippen molar-refractivity contribution in [3.8, 4) is 5.69 Å². The van der Waals surface area contributed by atoms with E-state index in [1.807, 2.05) is 41.3 Å². The summed E-state index contributed by atoms with van der Waals surface area (Å²) in [4.78, 5) is 53.6. The first-order valence-corrected chi connectivity index (χ1v) is 12.4. The molecule has 0 saturated carbocycles. The van der Waals surface area contributed by atoms with E-state index in [9.17, 15) is 19.2 Å². The minimum atomic E-state index is -0.670. The van der Waals surface area contributed by atoms with Crippen LogP contribution in [-0.2, 0) is 21.7 Å². The lowest BCUT2D eigenvalue weighted by atomic mass is 9.89. The van der Waals surface area contributed by atoms with Gasteiger partial charge in [-0.1, -0.05) is 35.5 Å². The lowest BCUT2D eigenvalue weighted by molar-refractivity contribution is -0.136. The van der Waals surface area contributed by atoms with Crippen LogP contribution in [0.15, 0.2) is 54.7 Å². The van der Waals surface area contributed by atoms with E-state index in [1.165, 1.54) is 9.58 Å². The van der Waals surface area contributed by atoms with Crippen molar-refractivity contribution < 1.29 is 19.2 Å². The molecule has 37 heavy (non-hydrogen) atoms. The van der Waals surface area contributed by atoms with E-state index < -0.39 is 17.5 Å². The second-order valence-corrected chi connectivity index (χ2v) is 9.99. The normalized spacial score (nSPS) is 23.4. The van der Waals surface area contributed by atoms with E-state index in [1.54, 1.807) is 18.3 Å². The third kappa shape index (κ3) is 3.80. The summed E-state index contributed by atoms with van der Waals surface area (Å²) in [5.74, 6) is -1.17. The maximum atomic E-state index is 13.5. The van der Waals surface area contributed by atoms with Crippen LogP contribution in [0.4, 0.5) is 0 Å². The standard InChI is InChI=1S/C27H26N6O4/c1-27(18-6-3-2-4-7-18)12-5-13-32(27)26(37)21-16-33(30-29-21)19-8-9-20-17(14-19)15-31(25(20)36)22-10-11-23(34)28-24(22)35/h2-4,6-9,14,16,22H,5,10-13,15H2,1H3,(H,28,34,35). The van der Waals surface area contributed by atoms with Gasteiger partial charge >= 0.3 is 0 Å². The molecule has 10 nitrogen and oxygen atoms in total. The molecule has 0 spiro atoms. The molecule has 2 saturated heterocycles. The number of nitrogens with one attached hydrogen (secondary N) is 1. The van der Waals surface area contributed by atoms with Crippen LogP contribution in [0.25, 0.3) is 5.69 Å². The van der Waals surface area contributed by atoms with Crippen molar-refractivity contribution in [1.82, 2.24) is 30.1 Å². The van der Waals surface area contributed by atoms with Crippen molar-refractivity contribution in [3.63, 3.8) is 0 Å². The number of imide groups is 1. The number of hydrogen-bond acceptors (Lipinski definition) is 6. The summed E-state index contributed by atoms with van der Waals surface area (Å²) in [5, 5.41) is 10.7. The van der Waals surface area contributed by atoms with Crippen molar-refractivity contribution in [2.45, 2.75) is 50.7 Å². The SMILES string of the molecule is CC1(c2ccccc2)CCCN1C(=O)c1cn(-c2ccc3c(c2)CN(C2CCC(=O)NC2=O)C3=O)nn1. The predicted octanol–water partition coefficient (Wildman–Crippen LogP) is 2.18. The molecule has 0 bridgehead atoms. The zero-order valence-corrected chi connectivity index (χ0v) is 20.4. The van der Waals surface area contributed by atoms with Gasteiger partial charge < -0.3 is 9.80 Å². The van der Waals surface area contributed by atoms with Gasteiger partial charge in [-0.15, -0.1) is 5.10 Å². The molecule has 0 aliphatic carbocycles. The third-order valence-electron chi connectivity index (χ3n) is 7.77. The molecule has 0 radical (unpaired) electrons. The monoisotopic (exact) mass is 498 g/mol. The van der Waals surface area contributed by atoms with Gasteiger partial charge in [-0.05, 0) is 55.5 Å². The molecule has 3 aromatic rings. The van der Waals surface area contributed by atoms with Crippen molar-refractivity contribution in [2.75, 3.05) is 6.54 Å². The molecule has 1 N–H and O–H groups in total. The highest BCUT2D eigenvalue weighted by Gasteiger charge is 2.42. The number of carbonyl (C=O) groups excluding carboxylic acids is 4. The first kappa shape index (κ1) is 23.1. The van der Waals surface area contributed by atoms with Crippen LogP contribution in [-0.4, -0.2) is 61.0 Å². The number of amides is 4. The predicted molar refractivity (Wildman–Crippen MR) is 131 cm³/mol. The van der Waals surface area contributed by atoms with Crippen LogP contribution in [0.5, 0.6) is 0 Å². The average molecular weight is 499 g/mol. The molecule has 2 unspecified atom stereocenters. The minimum Gasteiger partial charge on any atom is -0.328 e. The Labute approximate surface area is 213 Å². The molecule has 1 aromatic heterocycles. The third-order valence-corrected chi connectivity index (χ3v) is 7.77. The van der Waals surface area contributed by atoms with E-state index >= 15 is 0 Å². The largest absolute Gasteiger partial charge is 0.328 e. The van der Waals surface area contributed by atoms with Crippen LogP contribution < -0.4 is 5.32 Å². The molecule has 188 valence electrons. The fourth-order valence-electron chi connectivity index (χ4n) is 5.72. The number of aromatic nitrogens is 3. The molecular formula is C27H26N6O4. The van der Waals surface area contributed by atoms with E-state index in [0.717, 1.165) is 24.0 Å². The number of carbonyl (C=O) groups is 4. The molecule has 6 rings (SSSR count). The van der Waals surface area contributed by atoms with Crippen molar-refractivity contribution in [1.29, 1.82) is 0 Å². The smallest absolute Gasteiger partial charge is 0.276 e. The minimum absolute atomic E-state index is 0.171. The lowest BCUT2D eigenvalue weighted by Crippen LogP contribution is -2.52. The topological polar surface area (TPSA) is 118 Å². The Morgan fingerprint density at radius 1 is 1.11 bits per heavy atom. The van der Waals surface area contributed by atoms with Crippen molar-refractivity contribution >= 4 is 23.6 Å². The Morgan fingerprint density at radius 2 is 1.92 bits per heavy atom. The Morgan fingerprint density at radius 3 is 2.70 bits per heavy atom. The molecule has 2 atom stereocenters. The van der Waals surface area contributed by atoms with Crippen LogP contribution in [0.1, 0.15) is 64.6 Å². The first-order valence-electron chi connectivity index (χ1n) is 12.4. The Hall–Kier alpha value is -4.34. The maximum Gasteiger partial charge on any atom is 0.276 e. The fourth-order valence-corrected chi connectivity index (χ4v) is 5.72. The number of fused-ring (bicyclic) bond motifs is 1. The molecule has 2 fully saturated rings. The van der Waals surface area contributed by atoms with Gasteiger partial charge in [-0.25, -0.2) is 4.68 Å². The van der Waals surface area contributed by atoms with E-state index in [4.69, 9.17) is 0 Å². The number of piperidine rings is 1. The highest BCUT2D eigenvalue weighted by molar-refractivity contribution is 6.05. The molecule has 4 amide bonds. The summed E-state index contributed by atoms with van der Waals surface area (Å²) in [6, 6.07) is 14.6. The van der Waals surface area contributed by atoms with Gasteiger partial charge in [0, 0.05) is 25.1 Å². The number of benzene rings is 2. The van der Waals surface area contributed by atoms with Gasteiger partial charge in [-0.3, -0.25) is 24.5 Å². The van der Waals surface area contributed by atoms with Crippen LogP contribution in [0, 0.1) is 0 Å². The van der Waals surface area contributed by atoms with E-state index in [0.29, 0.717) is 24.2 Å². The molecule has 2 aromatic carbocycles. The zero-order chi connectivity index (χ0) is 25.7. The fraction of sp³-hybridized carbons (Fsp3) is 0.333. The van der Waals surface area contributed by atoms with Crippen molar-refractivity contribution in [2.24, 2.45) is 0 Å². The van der Waals surface area contributed by atoms with Gasteiger partial charge in [0.25, 0.3) is 11.8 Å². The zero-order valence-electron chi connectivity index (χ0n) is 20.4. The van der Waals surface area contributed by atoms with E-state index in [-0.39, 0.29) is 36.4 Å². The molecule has 10 heteroatoms. The Kier molecular flexibility index (Phi) is 5.40. The van der Waals surface area contributed by atoms with Crippen LogP contribution in [0.2, 0.25) is 0 Å². The van der Waals surface area contributed by atoms with Gasteiger partial charge in [0.1, 0.15) is 6.04 Å². The quantitative estimate of drug-likeness (QED) is 0.551. The molecule has 3 aliphatic heterocycles. The van der Waals surface area contributed by atoms with Crippen LogP contribution >= 0.6 is 0 Å². The number of nitrogens with zero attached hydrogens (tertiary/aromatic N) is 5. The van der Waals surface area contributed by atoms with Gasteiger partial charge in [0.15, 0.2) is 5.69 Å². The Bertz CT molecular complexity index is 1430. The van der Waals surface area contributed by atoms with Gasteiger partial charge in [-0.2, -0.15) is 0 Å². The molecule has 3 aliphatic rings. The number of hydrogen-bond donors (Lipinski definition) is 1. The maximum absolute atomic E-state index is 13.5. The highest BCUT2D eigenvalue weighted by Crippen LogP contribution is 2.39. The number of rotatable bonds is 4.